The molecule has 1 aromatic rings. The van der Waals surface area contributed by atoms with E-state index in [-0.39, 0.29) is 17.8 Å². The number of carbonyl (C=O) groups is 1. The molecule has 18 heavy (non-hydrogen) atoms. The summed E-state index contributed by atoms with van der Waals surface area (Å²) < 4.78 is 36.0. The average molecular weight is 279 g/mol. The van der Waals surface area contributed by atoms with Crippen LogP contribution >= 0.6 is 11.8 Å². The summed E-state index contributed by atoms with van der Waals surface area (Å²) in [6.07, 6.45) is -3.46. The number of carboxylic acid groups (broad SMARTS) is 1. The second kappa shape index (κ2) is 5.99. The summed E-state index contributed by atoms with van der Waals surface area (Å²) in [6.45, 7) is -0.346. The number of hydrogen-bond acceptors (Lipinski definition) is 3. The van der Waals surface area contributed by atoms with E-state index in [0.717, 1.165) is 4.90 Å². The van der Waals surface area contributed by atoms with Gasteiger partial charge >= 0.3 is 12.1 Å². The van der Waals surface area contributed by atoms with Gasteiger partial charge in [-0.25, -0.2) is 4.79 Å². The zero-order valence-electron chi connectivity index (χ0n) is 9.54. The number of anilines is 1. The Labute approximate surface area is 106 Å². The van der Waals surface area contributed by atoms with Crippen molar-refractivity contribution < 1.29 is 23.1 Å². The first-order chi connectivity index (χ1) is 8.33. The molecular formula is C11H12F3NO2S. The number of alkyl halides is 3. The van der Waals surface area contributed by atoms with Crippen molar-refractivity contribution in [3.63, 3.8) is 0 Å². The molecule has 0 unspecified atom stereocenters. The van der Waals surface area contributed by atoms with Crippen LogP contribution in [0.4, 0.5) is 18.9 Å². The van der Waals surface area contributed by atoms with E-state index < -0.39 is 18.6 Å². The van der Waals surface area contributed by atoms with Crippen LogP contribution in [0.5, 0.6) is 0 Å². The van der Waals surface area contributed by atoms with Crippen LogP contribution in [0.2, 0.25) is 0 Å². The topological polar surface area (TPSA) is 49.3 Å². The molecule has 0 bridgehead atoms. The van der Waals surface area contributed by atoms with Gasteiger partial charge in [0.05, 0.1) is 12.0 Å². The second-order valence-electron chi connectivity index (χ2n) is 3.51. The molecule has 0 aliphatic heterocycles. The van der Waals surface area contributed by atoms with Crippen LogP contribution in [0.1, 0.15) is 16.8 Å². The van der Waals surface area contributed by atoms with Crippen LogP contribution in [0.15, 0.2) is 23.1 Å². The van der Waals surface area contributed by atoms with Gasteiger partial charge in [-0.2, -0.15) is 13.2 Å². The third-order valence-electron chi connectivity index (χ3n) is 2.18. The molecule has 1 aromatic carbocycles. The van der Waals surface area contributed by atoms with Crippen LogP contribution < -0.4 is 5.32 Å². The minimum Gasteiger partial charge on any atom is -0.478 e. The summed E-state index contributed by atoms with van der Waals surface area (Å²) in [5, 5.41) is 11.4. The summed E-state index contributed by atoms with van der Waals surface area (Å²) in [4.78, 5) is 11.7. The highest BCUT2D eigenvalue weighted by Crippen LogP contribution is 2.25. The summed E-state index contributed by atoms with van der Waals surface area (Å²) in [6, 6.07) is 4.53. The summed E-state index contributed by atoms with van der Waals surface area (Å²) in [5.74, 6) is -1.17. The van der Waals surface area contributed by atoms with Crippen LogP contribution in [-0.2, 0) is 0 Å². The van der Waals surface area contributed by atoms with Gasteiger partial charge in [-0.3, -0.25) is 0 Å². The molecule has 0 aromatic heterocycles. The van der Waals surface area contributed by atoms with Crippen LogP contribution in [0, 0.1) is 0 Å². The first-order valence-corrected chi connectivity index (χ1v) is 6.28. The molecule has 0 saturated heterocycles. The van der Waals surface area contributed by atoms with E-state index in [1.54, 1.807) is 12.3 Å². The monoisotopic (exact) mass is 279 g/mol. The minimum absolute atomic E-state index is 0.0324. The maximum absolute atomic E-state index is 12.0. The Kier molecular flexibility index (Phi) is 4.89. The van der Waals surface area contributed by atoms with Crippen molar-refractivity contribution in [2.45, 2.75) is 17.5 Å². The van der Waals surface area contributed by atoms with Gasteiger partial charge in [0.1, 0.15) is 0 Å². The summed E-state index contributed by atoms with van der Waals surface area (Å²) in [7, 11) is 0. The Morgan fingerprint density at radius 3 is 2.61 bits per heavy atom. The minimum atomic E-state index is -4.26. The molecule has 0 radical (unpaired) electrons. The molecule has 100 valence electrons. The van der Waals surface area contributed by atoms with E-state index in [1.165, 1.54) is 23.9 Å². The number of halogens is 3. The normalized spacial score (nSPS) is 11.3. The molecule has 0 spiro atoms. The van der Waals surface area contributed by atoms with Crippen LogP contribution in [0.25, 0.3) is 0 Å². The molecule has 0 atom stereocenters. The van der Waals surface area contributed by atoms with Crippen molar-refractivity contribution >= 4 is 23.4 Å². The van der Waals surface area contributed by atoms with Crippen molar-refractivity contribution in [2.75, 3.05) is 18.1 Å². The quantitative estimate of drug-likeness (QED) is 0.810. The molecule has 0 heterocycles. The van der Waals surface area contributed by atoms with Crippen molar-refractivity contribution in [3.8, 4) is 0 Å². The van der Waals surface area contributed by atoms with E-state index in [2.05, 4.69) is 5.32 Å². The maximum atomic E-state index is 12.0. The van der Waals surface area contributed by atoms with Gasteiger partial charge in [-0.05, 0) is 24.5 Å². The van der Waals surface area contributed by atoms with Gasteiger partial charge in [0, 0.05) is 17.1 Å². The predicted octanol–water partition coefficient (Wildman–Crippen LogP) is 3.47. The number of thioether (sulfide) groups is 1. The van der Waals surface area contributed by atoms with Crippen molar-refractivity contribution in [1.82, 2.24) is 0 Å². The standard InChI is InChI=1S/C11H12F3NO2S/c1-18-7-2-3-8(10(16)17)9(6-7)15-5-4-11(12,13)14/h2-3,6,15H,4-5H2,1H3,(H,16,17). The van der Waals surface area contributed by atoms with Gasteiger partial charge in [0.25, 0.3) is 0 Å². The largest absolute Gasteiger partial charge is 0.478 e. The maximum Gasteiger partial charge on any atom is 0.390 e. The Morgan fingerprint density at radius 2 is 2.11 bits per heavy atom. The fraction of sp³-hybridized carbons (Fsp3) is 0.364. The van der Waals surface area contributed by atoms with E-state index in [9.17, 15) is 18.0 Å². The Hall–Kier alpha value is -1.37. The summed E-state index contributed by atoms with van der Waals surface area (Å²) in [5.41, 5.74) is 0.175. The number of nitrogens with one attached hydrogen (secondary N) is 1. The van der Waals surface area contributed by atoms with Gasteiger partial charge in [0.15, 0.2) is 0 Å². The lowest BCUT2D eigenvalue weighted by atomic mass is 10.1. The van der Waals surface area contributed by atoms with E-state index >= 15 is 0 Å². The number of aromatic carboxylic acids is 1. The zero-order chi connectivity index (χ0) is 13.8. The van der Waals surface area contributed by atoms with Gasteiger partial charge in [-0.15, -0.1) is 11.8 Å². The first kappa shape index (κ1) is 14.7. The van der Waals surface area contributed by atoms with Gasteiger partial charge < -0.3 is 10.4 Å². The Balaban J connectivity index is 2.81. The molecule has 1 rings (SSSR count). The molecular weight excluding hydrogens is 267 g/mol. The van der Waals surface area contributed by atoms with Crippen molar-refractivity contribution in [1.29, 1.82) is 0 Å². The number of carboxylic acids is 1. The average Bonchev–Trinajstić information content (AvgIpc) is 2.26. The second-order valence-corrected chi connectivity index (χ2v) is 4.39. The Bertz CT molecular complexity index is 435. The number of rotatable bonds is 5. The van der Waals surface area contributed by atoms with Crippen molar-refractivity contribution in [3.05, 3.63) is 23.8 Å². The number of hydrogen-bond donors (Lipinski definition) is 2. The third kappa shape index (κ3) is 4.48. The molecule has 0 aliphatic carbocycles. The first-order valence-electron chi connectivity index (χ1n) is 5.05. The fourth-order valence-electron chi connectivity index (χ4n) is 1.32. The van der Waals surface area contributed by atoms with E-state index in [4.69, 9.17) is 5.11 Å². The number of benzene rings is 1. The predicted molar refractivity (Wildman–Crippen MR) is 64.3 cm³/mol. The van der Waals surface area contributed by atoms with Gasteiger partial charge in [0.2, 0.25) is 0 Å². The van der Waals surface area contributed by atoms with Crippen LogP contribution in [0.3, 0.4) is 0 Å². The molecule has 2 N–H and O–H groups in total. The van der Waals surface area contributed by atoms with Gasteiger partial charge in [-0.1, -0.05) is 0 Å². The third-order valence-corrected chi connectivity index (χ3v) is 2.91. The fourth-order valence-corrected chi connectivity index (χ4v) is 1.76. The molecule has 3 nitrogen and oxygen atoms in total. The Morgan fingerprint density at radius 1 is 1.44 bits per heavy atom. The lowest BCUT2D eigenvalue weighted by molar-refractivity contribution is -0.131. The SMILES string of the molecule is CSc1ccc(C(=O)O)c(NCCC(F)(F)F)c1. The molecule has 7 heteroatoms. The lowest BCUT2D eigenvalue weighted by Gasteiger charge is -2.12. The van der Waals surface area contributed by atoms with Crippen LogP contribution in [-0.4, -0.2) is 30.1 Å². The molecule has 0 aliphatic rings. The molecule has 0 saturated carbocycles. The smallest absolute Gasteiger partial charge is 0.390 e. The highest BCUT2D eigenvalue weighted by Gasteiger charge is 2.26. The van der Waals surface area contributed by atoms with E-state index in [0.29, 0.717) is 0 Å². The molecule has 0 amide bonds. The van der Waals surface area contributed by atoms with Crippen molar-refractivity contribution in [2.24, 2.45) is 0 Å². The van der Waals surface area contributed by atoms with E-state index in [1.807, 2.05) is 0 Å². The highest BCUT2D eigenvalue weighted by atomic mass is 32.2. The molecule has 0 fully saturated rings. The zero-order valence-corrected chi connectivity index (χ0v) is 10.4. The highest BCUT2D eigenvalue weighted by molar-refractivity contribution is 7.98. The lowest BCUT2D eigenvalue weighted by Crippen LogP contribution is -2.16. The summed E-state index contributed by atoms with van der Waals surface area (Å²) >= 11 is 1.39.